The smallest absolute Gasteiger partial charge is 0.413 e. The van der Waals surface area contributed by atoms with Crippen LogP contribution in [0.25, 0.3) is 11.5 Å². The molecule has 0 aliphatic carbocycles. The number of rotatable bonds is 33. The number of hydrogen-bond donors (Lipinski definition) is 5. The van der Waals surface area contributed by atoms with E-state index in [1.54, 1.807) is 24.2 Å². The Kier molecular flexibility index (Phi) is 30.8. The van der Waals surface area contributed by atoms with Crippen molar-refractivity contribution in [3.05, 3.63) is 102 Å². The van der Waals surface area contributed by atoms with Gasteiger partial charge in [0, 0.05) is 64.0 Å². The minimum atomic E-state index is -0.874. The summed E-state index contributed by atoms with van der Waals surface area (Å²) in [5.41, 5.74) is 9.92. The van der Waals surface area contributed by atoms with Crippen molar-refractivity contribution in [3.63, 3.8) is 0 Å². The van der Waals surface area contributed by atoms with Crippen molar-refractivity contribution in [3.8, 4) is 11.5 Å². The summed E-state index contributed by atoms with van der Waals surface area (Å²) in [4.78, 5) is 85.4. The molecule has 6 rings (SSSR count). The van der Waals surface area contributed by atoms with Gasteiger partial charge in [-0.05, 0) is 51.3 Å². The summed E-state index contributed by atoms with van der Waals surface area (Å²) in [5.74, 6) is -0.662. The van der Waals surface area contributed by atoms with Crippen molar-refractivity contribution in [2.24, 2.45) is 22.1 Å². The van der Waals surface area contributed by atoms with Crippen LogP contribution >= 0.6 is 0 Å². The molecule has 1 unspecified atom stereocenters. The number of benzene rings is 1. The second-order valence-electron chi connectivity index (χ2n) is 21.3. The van der Waals surface area contributed by atoms with Crippen LogP contribution in [0, 0.1) is 24.8 Å². The number of likely N-dealkylation sites (tertiary alicyclic amines) is 1. The number of carbonyl (C=O) groups is 5. The number of carbonyl (C=O) groups excluding carboxylic acids is 5. The van der Waals surface area contributed by atoms with Gasteiger partial charge in [-0.25, -0.2) is 15.0 Å². The first-order valence-corrected chi connectivity index (χ1v) is 27.9. The van der Waals surface area contributed by atoms with E-state index in [0.29, 0.717) is 106 Å². The van der Waals surface area contributed by atoms with Crippen LogP contribution in [0.1, 0.15) is 94.1 Å². The van der Waals surface area contributed by atoms with Crippen LogP contribution < -0.4 is 100 Å². The van der Waals surface area contributed by atoms with Crippen LogP contribution in [0.3, 0.4) is 0 Å². The van der Waals surface area contributed by atoms with Gasteiger partial charge in [0.1, 0.15) is 29.7 Å². The van der Waals surface area contributed by atoms with E-state index in [4.69, 9.17) is 39.4 Å². The van der Waals surface area contributed by atoms with Gasteiger partial charge in [-0.3, -0.25) is 28.9 Å². The number of amides is 5. The molecule has 84 heavy (non-hydrogen) atoms. The number of pyridine rings is 2. The second kappa shape index (κ2) is 36.2. The van der Waals surface area contributed by atoms with Crippen LogP contribution in [0.5, 0.6) is 0 Å². The number of aryl methyl sites for hydroxylation is 1. The molecule has 5 amide bonds. The van der Waals surface area contributed by atoms with E-state index in [1.165, 1.54) is 11.1 Å². The van der Waals surface area contributed by atoms with Crippen molar-refractivity contribution in [2.45, 2.75) is 106 Å². The largest absolute Gasteiger partial charge is 1.00 e. The minimum Gasteiger partial charge on any atom is -0.413 e. The fraction of sp³-hybridized carbons (Fsp3) is 0.542. The maximum atomic E-state index is 13.9. The van der Waals surface area contributed by atoms with Gasteiger partial charge >= 0.3 is 68.9 Å². The van der Waals surface area contributed by atoms with Gasteiger partial charge in [0.25, 0.3) is 5.91 Å². The van der Waals surface area contributed by atoms with Crippen molar-refractivity contribution >= 4 is 47.4 Å². The first-order valence-electron chi connectivity index (χ1n) is 27.9. The summed E-state index contributed by atoms with van der Waals surface area (Å²) in [7, 11) is 1.93. The Morgan fingerprint density at radius 1 is 0.917 bits per heavy atom. The molecule has 1 fully saturated rings. The molecule has 6 N–H and O–H groups in total. The minimum absolute atomic E-state index is 0. The van der Waals surface area contributed by atoms with Gasteiger partial charge in [0.2, 0.25) is 23.6 Å². The average molecular weight is 1290 g/mol. The third kappa shape index (κ3) is 22.1. The number of aliphatic hydroxyl groups excluding tert-OH is 1. The van der Waals surface area contributed by atoms with E-state index < -0.39 is 35.3 Å². The van der Waals surface area contributed by atoms with Gasteiger partial charge in [0.15, 0.2) is 5.82 Å². The van der Waals surface area contributed by atoms with Gasteiger partial charge in [-0.15, -0.1) is 22.3 Å². The van der Waals surface area contributed by atoms with Crippen LogP contribution in [-0.4, -0.2) is 181 Å². The molecule has 0 radical (unpaired) electrons. The number of fused-ring (bicyclic) bond motifs is 1. The summed E-state index contributed by atoms with van der Waals surface area (Å²) in [6.07, 6.45) is 5.25. The quantitative estimate of drug-likeness (QED) is 0.0246. The molecule has 4 aromatic rings. The van der Waals surface area contributed by atoms with Crippen molar-refractivity contribution in [1.29, 1.82) is 0 Å². The SMILES string of the molecule is CCn1cnnc1-c1cccc(N2Cc3c(cc(N(C)C(C)C)nc3CNCC(=O)NCCOCCOCCOCCOCCOCCC(=O)N=CC(C(=O)N3C[C@H](O)C[C@H]3C(=O)NCc3ccc([C-]=C(C)N)cc3)C(C)(C)C)C2=O)n1.[CH3-].[Cs+]. The number of aliphatic hydroxyl groups is 1. The first kappa shape index (κ1) is 71.5. The molecule has 1 aromatic carbocycles. The zero-order chi connectivity index (χ0) is 59.2. The Hall–Kier alpha value is -5.01. The number of aromatic nitrogens is 5. The number of anilines is 2. The Balaban J connectivity index is 0.00000757. The number of β-amino-alcohol motifs (C(OH)–C–C–N with tert-alkyl or cyclic N) is 1. The van der Waals surface area contributed by atoms with Crippen LogP contribution in [0.4, 0.5) is 11.6 Å². The maximum Gasteiger partial charge on any atom is 1.00 e. The molecule has 3 atom stereocenters. The number of aliphatic imine (C=N–C) groups is 1. The summed E-state index contributed by atoms with van der Waals surface area (Å²) in [6.45, 7) is 18.3. The van der Waals surface area contributed by atoms with E-state index in [2.05, 4.69) is 37.2 Å². The fourth-order valence-electron chi connectivity index (χ4n) is 8.88. The number of ether oxygens (including phenoxy) is 5. The fourth-order valence-corrected chi connectivity index (χ4v) is 8.88. The summed E-state index contributed by atoms with van der Waals surface area (Å²) < 4.78 is 29.7. The number of nitrogens with two attached hydrogens (primary N) is 1. The molecule has 0 spiro atoms. The van der Waals surface area contributed by atoms with Gasteiger partial charge < -0.3 is 72.3 Å². The number of nitrogens with zero attached hydrogens (tertiary/aromatic N) is 9. The first-order chi connectivity index (χ1) is 39.3. The predicted molar refractivity (Wildman–Crippen MR) is 314 cm³/mol. The van der Waals surface area contributed by atoms with Crippen molar-refractivity contribution in [2.75, 3.05) is 103 Å². The van der Waals surface area contributed by atoms with Crippen molar-refractivity contribution < 1.29 is 122 Å². The van der Waals surface area contributed by atoms with Crippen LogP contribution in [0.2, 0.25) is 0 Å². The van der Waals surface area contributed by atoms with E-state index in [1.807, 2.05) is 101 Å². The van der Waals surface area contributed by atoms with Crippen LogP contribution in [-0.2, 0) is 69.0 Å². The average Bonchev–Trinajstić information content (AvgIpc) is 2.20. The molecule has 2 aliphatic rings. The molecule has 5 heterocycles. The number of allylic oxidation sites excluding steroid dienone is 1. The normalized spacial score (nSPS) is 15.5. The molecule has 24 nitrogen and oxygen atoms in total. The maximum absolute atomic E-state index is 13.9. The van der Waals surface area contributed by atoms with E-state index in [0.717, 1.165) is 16.7 Å². The topological polar surface area (TPSA) is 292 Å². The summed E-state index contributed by atoms with van der Waals surface area (Å²) in [6, 6.07) is 14.0. The molecule has 0 saturated carbocycles. The van der Waals surface area contributed by atoms with Gasteiger partial charge in [-0.1, -0.05) is 38.1 Å². The van der Waals surface area contributed by atoms with E-state index in [9.17, 15) is 29.1 Å². The Labute approximate surface area is 553 Å². The molecule has 25 heteroatoms. The summed E-state index contributed by atoms with van der Waals surface area (Å²) >= 11 is 0. The zero-order valence-electron chi connectivity index (χ0n) is 50.6. The van der Waals surface area contributed by atoms with Gasteiger partial charge in [-0.2, -0.15) is 23.8 Å². The monoisotopic (exact) mass is 1280 g/mol. The molecule has 454 valence electrons. The van der Waals surface area contributed by atoms with E-state index >= 15 is 0 Å². The third-order valence-electron chi connectivity index (χ3n) is 13.6. The standard InChI is InChI=1S/C58H82N13O11.CH3.Cs/c1-9-69-38-64-67-54(69)47-11-10-12-50(65-47)71-37-45-44(56(71)76)31-51(68(8)39(2)3)66-48(45)34-60-35-53(74)61-18-20-79-22-24-81-26-28-82-27-25-80-23-21-78-19-17-52(73)62-33-46(58(5,6)7)57(77)70-36-43(72)30-49(70)55(75)63-32-42-15-13-41(14-16-42)29-40(4)59;;/h10-16,31,33,38-39,43,46,49,60,72H,9,17-28,30,32,34-37,59H2,1-8H3,(H,61,74)(H,63,75);1H3;/q2*-1;+1/t43-,46?,49+;;/m1../s1. The Morgan fingerprint density at radius 3 is 2.18 bits per heavy atom. The molecule has 0 bridgehead atoms. The third-order valence-corrected chi connectivity index (χ3v) is 13.6. The predicted octanol–water partition coefficient (Wildman–Crippen LogP) is 0.445. The van der Waals surface area contributed by atoms with Crippen molar-refractivity contribution in [1.82, 2.24) is 45.6 Å². The summed E-state index contributed by atoms with van der Waals surface area (Å²) in [5, 5.41) is 27.7. The van der Waals surface area contributed by atoms with Crippen LogP contribution in [0.15, 0.2) is 65.5 Å². The number of hydrogen-bond acceptors (Lipinski definition) is 18. The molecule has 1 saturated heterocycles. The molecular formula is C59H85CsN13O11-. The molecular weight excluding hydrogens is 1200 g/mol. The Morgan fingerprint density at radius 2 is 1.56 bits per heavy atom. The molecule has 3 aromatic heterocycles. The second-order valence-corrected chi connectivity index (χ2v) is 21.3. The zero-order valence-corrected chi connectivity index (χ0v) is 56.9. The van der Waals surface area contributed by atoms with Gasteiger partial charge in [0.05, 0.1) is 109 Å². The number of nitrogens with one attached hydrogen (secondary N) is 3. The van der Waals surface area contributed by atoms with E-state index in [-0.39, 0.29) is 159 Å². The Bertz CT molecular complexity index is 2800. The molecule has 2 aliphatic heterocycles.